The number of carbonyl (C=O) groups excluding carboxylic acids is 2. The lowest BCUT2D eigenvalue weighted by Crippen LogP contribution is -2.28. The second kappa shape index (κ2) is 4.21. The van der Waals surface area contributed by atoms with E-state index in [-0.39, 0.29) is 18.2 Å². The van der Waals surface area contributed by atoms with Crippen LogP contribution in [0.1, 0.15) is 40.5 Å². The monoisotopic (exact) mass is 213 g/mol. The van der Waals surface area contributed by atoms with Crippen LogP contribution in [0.2, 0.25) is 0 Å². The minimum atomic E-state index is -0.496. The van der Waals surface area contributed by atoms with Gasteiger partial charge in [0.05, 0.1) is 6.04 Å². The average molecular weight is 213 g/mol. The van der Waals surface area contributed by atoms with Gasteiger partial charge in [-0.05, 0) is 27.2 Å². The quantitative estimate of drug-likeness (QED) is 0.532. The minimum absolute atomic E-state index is 0.0577. The summed E-state index contributed by atoms with van der Waals surface area (Å²) >= 11 is 0. The second-order valence-electron chi connectivity index (χ2n) is 4.87. The van der Waals surface area contributed by atoms with Crippen LogP contribution in [-0.2, 0) is 9.53 Å². The Kier molecular flexibility index (Phi) is 3.37. The Bertz CT molecular complexity index is 257. The molecule has 0 bridgehead atoms. The van der Waals surface area contributed by atoms with Gasteiger partial charge in [0.1, 0.15) is 17.9 Å². The third-order valence-corrected chi connectivity index (χ3v) is 2.31. The predicted octanol–water partition coefficient (Wildman–Crippen LogP) is 1.97. The topological polar surface area (TPSA) is 46.4 Å². The molecule has 1 saturated heterocycles. The maximum atomic E-state index is 11.6. The van der Waals surface area contributed by atoms with Gasteiger partial charge in [-0.25, -0.2) is 4.79 Å². The molecule has 4 nitrogen and oxygen atoms in total. The Labute approximate surface area is 90.6 Å². The summed E-state index contributed by atoms with van der Waals surface area (Å²) in [5, 5.41) is 0. The van der Waals surface area contributed by atoms with Gasteiger partial charge in [-0.1, -0.05) is 13.3 Å². The van der Waals surface area contributed by atoms with Crippen LogP contribution >= 0.6 is 0 Å². The molecule has 15 heavy (non-hydrogen) atoms. The minimum Gasteiger partial charge on any atom is -0.444 e. The zero-order valence-electron chi connectivity index (χ0n) is 9.82. The molecule has 1 fully saturated rings. The summed E-state index contributed by atoms with van der Waals surface area (Å²) in [4.78, 5) is 23.8. The predicted molar refractivity (Wildman–Crippen MR) is 56.6 cm³/mol. The standard InChI is InChI=1S/C11H19NO3/c1-5-6-8-9(7-13)12(8)10(14)15-11(2,3)4/h7-9H,5-6H2,1-4H3/t8-,9-,12?/m0/s1. The van der Waals surface area contributed by atoms with E-state index in [2.05, 4.69) is 0 Å². The molecule has 0 aromatic heterocycles. The molecule has 2 atom stereocenters. The van der Waals surface area contributed by atoms with Crippen molar-refractivity contribution in [1.29, 1.82) is 0 Å². The Morgan fingerprint density at radius 1 is 1.47 bits per heavy atom. The molecule has 0 aromatic carbocycles. The third kappa shape index (κ3) is 2.94. The van der Waals surface area contributed by atoms with Gasteiger partial charge in [0.25, 0.3) is 0 Å². The number of rotatable bonds is 3. The third-order valence-electron chi connectivity index (χ3n) is 2.31. The summed E-state index contributed by atoms with van der Waals surface area (Å²) in [7, 11) is 0. The molecule has 0 spiro atoms. The molecule has 1 amide bonds. The van der Waals surface area contributed by atoms with Crippen LogP contribution in [0.5, 0.6) is 0 Å². The van der Waals surface area contributed by atoms with E-state index >= 15 is 0 Å². The first kappa shape index (κ1) is 12.0. The summed E-state index contributed by atoms with van der Waals surface area (Å²) in [5.74, 6) is 0. The van der Waals surface area contributed by atoms with Gasteiger partial charge in [0.15, 0.2) is 0 Å². The molecular weight excluding hydrogens is 194 g/mol. The fraction of sp³-hybridized carbons (Fsp3) is 0.818. The average Bonchev–Trinajstić information content (AvgIpc) is 2.75. The lowest BCUT2D eigenvalue weighted by Gasteiger charge is -2.20. The van der Waals surface area contributed by atoms with Gasteiger partial charge in [-0.3, -0.25) is 4.90 Å². The van der Waals surface area contributed by atoms with Crippen molar-refractivity contribution in [2.24, 2.45) is 0 Å². The Morgan fingerprint density at radius 3 is 2.47 bits per heavy atom. The van der Waals surface area contributed by atoms with E-state index in [9.17, 15) is 9.59 Å². The van der Waals surface area contributed by atoms with Crippen molar-refractivity contribution >= 4 is 12.4 Å². The number of ether oxygens (including phenoxy) is 1. The van der Waals surface area contributed by atoms with Crippen molar-refractivity contribution in [2.75, 3.05) is 0 Å². The van der Waals surface area contributed by atoms with E-state index in [4.69, 9.17) is 4.74 Å². The molecule has 0 aromatic rings. The fourth-order valence-electron chi connectivity index (χ4n) is 1.63. The summed E-state index contributed by atoms with van der Waals surface area (Å²) in [6.07, 6.45) is 2.28. The van der Waals surface area contributed by atoms with Gasteiger partial charge in [0, 0.05) is 0 Å². The number of hydrogen-bond donors (Lipinski definition) is 0. The fourth-order valence-corrected chi connectivity index (χ4v) is 1.63. The van der Waals surface area contributed by atoms with Crippen LogP contribution in [0, 0.1) is 0 Å². The maximum Gasteiger partial charge on any atom is 0.411 e. The van der Waals surface area contributed by atoms with Crippen molar-refractivity contribution < 1.29 is 14.3 Å². The molecule has 0 saturated carbocycles. The summed E-state index contributed by atoms with van der Waals surface area (Å²) in [5.41, 5.74) is -0.496. The van der Waals surface area contributed by atoms with Crippen LogP contribution in [0.15, 0.2) is 0 Å². The number of aldehydes is 1. The maximum absolute atomic E-state index is 11.6. The van der Waals surface area contributed by atoms with Crippen molar-refractivity contribution in [2.45, 2.75) is 58.2 Å². The summed E-state index contributed by atoms with van der Waals surface area (Å²) in [6.45, 7) is 7.49. The molecule has 86 valence electrons. The van der Waals surface area contributed by atoms with Gasteiger partial charge in [0.2, 0.25) is 0 Å². The highest BCUT2D eigenvalue weighted by Crippen LogP contribution is 2.32. The highest BCUT2D eigenvalue weighted by molar-refractivity contribution is 5.80. The molecule has 1 rings (SSSR count). The van der Waals surface area contributed by atoms with Crippen LogP contribution in [0.4, 0.5) is 4.79 Å². The molecule has 1 heterocycles. The smallest absolute Gasteiger partial charge is 0.411 e. The highest BCUT2D eigenvalue weighted by Gasteiger charge is 2.51. The Balaban J connectivity index is 2.51. The number of amides is 1. The van der Waals surface area contributed by atoms with E-state index in [0.29, 0.717) is 0 Å². The highest BCUT2D eigenvalue weighted by atomic mass is 16.6. The molecule has 0 N–H and O–H groups in total. The van der Waals surface area contributed by atoms with Crippen LogP contribution in [0.25, 0.3) is 0 Å². The van der Waals surface area contributed by atoms with Gasteiger partial charge in [-0.15, -0.1) is 0 Å². The number of hydrogen-bond acceptors (Lipinski definition) is 3. The van der Waals surface area contributed by atoms with Gasteiger partial charge in [-0.2, -0.15) is 0 Å². The van der Waals surface area contributed by atoms with E-state index < -0.39 is 5.60 Å². The van der Waals surface area contributed by atoms with Crippen LogP contribution < -0.4 is 0 Å². The lowest BCUT2D eigenvalue weighted by atomic mass is 10.2. The summed E-state index contributed by atoms with van der Waals surface area (Å²) < 4.78 is 5.20. The van der Waals surface area contributed by atoms with E-state index in [1.54, 1.807) is 0 Å². The molecule has 1 aliphatic heterocycles. The normalized spacial score (nSPS) is 24.9. The molecule has 0 unspecified atom stereocenters. The number of carbonyl (C=O) groups is 2. The Morgan fingerprint density at radius 2 is 2.07 bits per heavy atom. The second-order valence-corrected chi connectivity index (χ2v) is 4.87. The first-order chi connectivity index (χ1) is 6.90. The van der Waals surface area contributed by atoms with Crippen molar-refractivity contribution in [3.63, 3.8) is 0 Å². The molecular formula is C11H19NO3. The van der Waals surface area contributed by atoms with Crippen molar-refractivity contribution in [1.82, 2.24) is 4.90 Å². The molecule has 0 aliphatic carbocycles. The zero-order chi connectivity index (χ0) is 11.6. The van der Waals surface area contributed by atoms with Crippen LogP contribution in [0.3, 0.4) is 0 Å². The van der Waals surface area contributed by atoms with E-state index in [1.165, 1.54) is 4.90 Å². The molecule has 0 radical (unpaired) electrons. The largest absolute Gasteiger partial charge is 0.444 e. The van der Waals surface area contributed by atoms with Gasteiger partial charge >= 0.3 is 6.09 Å². The van der Waals surface area contributed by atoms with Gasteiger partial charge < -0.3 is 9.53 Å². The Hall–Kier alpha value is -1.06. The van der Waals surface area contributed by atoms with Crippen LogP contribution in [-0.4, -0.2) is 35.0 Å². The first-order valence-electron chi connectivity index (χ1n) is 5.37. The van der Waals surface area contributed by atoms with Crippen molar-refractivity contribution in [3.05, 3.63) is 0 Å². The molecule has 1 aliphatic rings. The zero-order valence-corrected chi connectivity index (χ0v) is 9.82. The number of nitrogens with zero attached hydrogens (tertiary/aromatic N) is 1. The SMILES string of the molecule is CCC[C@H]1[C@H](C=O)N1C(=O)OC(C)(C)C. The van der Waals surface area contributed by atoms with Crippen molar-refractivity contribution in [3.8, 4) is 0 Å². The summed E-state index contributed by atoms with van der Waals surface area (Å²) in [6, 6.07) is -0.206. The van der Waals surface area contributed by atoms with E-state index in [0.717, 1.165) is 19.1 Å². The first-order valence-corrected chi connectivity index (χ1v) is 5.37. The van der Waals surface area contributed by atoms with E-state index in [1.807, 2.05) is 27.7 Å². The lowest BCUT2D eigenvalue weighted by molar-refractivity contribution is -0.108. The molecule has 4 heteroatoms.